The average molecular weight is 592 g/mol. The smallest absolute Gasteiger partial charge is 0.0692 e. The lowest BCUT2D eigenvalue weighted by molar-refractivity contribution is 0.112. The summed E-state index contributed by atoms with van der Waals surface area (Å²) in [6.07, 6.45) is 6.38. The van der Waals surface area contributed by atoms with Gasteiger partial charge in [0.15, 0.2) is 0 Å². The molecule has 1 aliphatic rings. The van der Waals surface area contributed by atoms with Crippen molar-refractivity contribution in [1.29, 1.82) is 0 Å². The second-order valence-electron chi connectivity index (χ2n) is 10.6. The molecule has 4 rings (SSSR count). The Labute approximate surface area is 259 Å². The highest BCUT2D eigenvalue weighted by molar-refractivity contribution is 7.97. The summed E-state index contributed by atoms with van der Waals surface area (Å²) in [5.41, 5.74) is 8.78. The Balaban J connectivity index is 0.000000590. The van der Waals surface area contributed by atoms with E-state index in [0.717, 1.165) is 36.3 Å². The Kier molecular flexibility index (Phi) is 17.2. The van der Waals surface area contributed by atoms with Gasteiger partial charge in [0, 0.05) is 17.1 Å². The second kappa shape index (κ2) is 20.3. The molecular weight excluding hydrogens is 538 g/mol. The Hall–Kier alpha value is -2.61. The minimum atomic E-state index is -0.448. The molecule has 0 heterocycles. The SMILES string of the molecule is CC.CC/C=C(\NC1c2ccccc2CC1NO)C(C)CC(O)CNSc1ccc(CCC)cc1.Cc1ccccc1. The van der Waals surface area contributed by atoms with Crippen molar-refractivity contribution in [1.82, 2.24) is 15.5 Å². The van der Waals surface area contributed by atoms with Crippen LogP contribution in [0.4, 0.5) is 0 Å². The van der Waals surface area contributed by atoms with Gasteiger partial charge >= 0.3 is 0 Å². The number of hydroxylamine groups is 1. The van der Waals surface area contributed by atoms with Crippen molar-refractivity contribution in [2.45, 2.75) is 96.7 Å². The van der Waals surface area contributed by atoms with Gasteiger partial charge in [-0.2, -0.15) is 5.48 Å². The number of fused-ring (bicyclic) bond motifs is 1. The number of aryl methyl sites for hydroxylation is 2. The third-order valence-corrected chi connectivity index (χ3v) is 8.03. The van der Waals surface area contributed by atoms with E-state index in [1.807, 2.05) is 44.2 Å². The summed E-state index contributed by atoms with van der Waals surface area (Å²) in [4.78, 5) is 1.16. The lowest BCUT2D eigenvalue weighted by atomic mass is 9.97. The fourth-order valence-corrected chi connectivity index (χ4v) is 5.80. The van der Waals surface area contributed by atoms with Gasteiger partial charge in [-0.1, -0.05) is 119 Å². The van der Waals surface area contributed by atoms with Gasteiger partial charge in [-0.3, -0.25) is 4.72 Å². The highest BCUT2D eigenvalue weighted by atomic mass is 32.2. The quantitative estimate of drug-likeness (QED) is 0.102. The van der Waals surface area contributed by atoms with Crippen LogP contribution in [0.25, 0.3) is 0 Å². The third-order valence-electron chi connectivity index (χ3n) is 7.21. The van der Waals surface area contributed by atoms with E-state index in [-0.39, 0.29) is 18.0 Å². The van der Waals surface area contributed by atoms with Gasteiger partial charge in [-0.25, -0.2) is 0 Å². The highest BCUT2D eigenvalue weighted by Gasteiger charge is 2.33. The first-order valence-corrected chi connectivity index (χ1v) is 16.4. The molecule has 0 spiro atoms. The monoisotopic (exact) mass is 591 g/mol. The topological polar surface area (TPSA) is 76.5 Å². The Morgan fingerprint density at radius 2 is 1.64 bits per heavy atom. The number of benzene rings is 3. The summed E-state index contributed by atoms with van der Waals surface area (Å²) >= 11 is 1.57. The van der Waals surface area contributed by atoms with Crippen LogP contribution in [0.5, 0.6) is 0 Å². The van der Waals surface area contributed by atoms with Gasteiger partial charge in [-0.05, 0) is 79.3 Å². The number of hydrogen-bond donors (Lipinski definition) is 5. The summed E-state index contributed by atoms with van der Waals surface area (Å²) < 4.78 is 3.32. The fourth-order valence-electron chi connectivity index (χ4n) is 5.08. The van der Waals surface area contributed by atoms with Gasteiger partial charge in [0.25, 0.3) is 0 Å². The van der Waals surface area contributed by atoms with Crippen LogP contribution in [0.15, 0.2) is 95.5 Å². The number of allylic oxidation sites excluding steroid dienone is 2. The molecule has 0 fully saturated rings. The molecule has 0 bridgehead atoms. The Morgan fingerprint density at radius 1 is 0.976 bits per heavy atom. The molecule has 0 amide bonds. The predicted octanol–water partition coefficient (Wildman–Crippen LogP) is 8.17. The molecule has 3 aromatic rings. The third kappa shape index (κ3) is 11.9. The predicted molar refractivity (Wildman–Crippen MR) is 180 cm³/mol. The summed E-state index contributed by atoms with van der Waals surface area (Å²) in [5.74, 6) is 0.173. The number of rotatable bonds is 13. The number of aliphatic hydroxyl groups is 1. The van der Waals surface area contributed by atoms with Crippen LogP contribution >= 0.6 is 11.9 Å². The average Bonchev–Trinajstić information content (AvgIpc) is 3.37. The maximum Gasteiger partial charge on any atom is 0.0692 e. The summed E-state index contributed by atoms with van der Waals surface area (Å²) in [7, 11) is 0. The molecule has 0 aromatic heterocycles. The lowest BCUT2D eigenvalue weighted by Gasteiger charge is -2.28. The number of hydrogen-bond acceptors (Lipinski definition) is 6. The number of nitrogens with one attached hydrogen (secondary N) is 3. The molecular formula is C36H53N3O2S. The Morgan fingerprint density at radius 3 is 2.24 bits per heavy atom. The lowest BCUT2D eigenvalue weighted by Crippen LogP contribution is -2.39. The van der Waals surface area contributed by atoms with Gasteiger partial charge < -0.3 is 15.6 Å². The van der Waals surface area contributed by atoms with E-state index in [0.29, 0.717) is 13.0 Å². The second-order valence-corrected chi connectivity index (χ2v) is 11.6. The van der Waals surface area contributed by atoms with E-state index in [1.54, 1.807) is 11.9 Å². The minimum Gasteiger partial charge on any atom is -0.392 e. The molecule has 0 aliphatic heterocycles. The van der Waals surface area contributed by atoms with Crippen molar-refractivity contribution in [2.24, 2.45) is 5.92 Å². The molecule has 230 valence electrons. The zero-order valence-corrected chi connectivity index (χ0v) is 27.3. The van der Waals surface area contributed by atoms with Gasteiger partial charge in [0.2, 0.25) is 0 Å². The standard InChI is InChI=1S/C27H39N3O2S.C7H8.C2H6/c1-4-8-20-12-14-23(15-13-20)33-28-18-22(31)16-19(3)25(9-5-2)29-27-24-11-7-6-10-21(24)17-26(27)30-32;1-7-5-3-2-4-6-7;1-2/h6-7,9-15,19,22,26-32H,4-5,8,16-18H2,1-3H3;2-6H,1H3;1-2H3/b25-9-;;. The first-order valence-electron chi connectivity index (χ1n) is 15.6. The molecule has 4 unspecified atom stereocenters. The van der Waals surface area contributed by atoms with E-state index < -0.39 is 6.10 Å². The molecule has 4 atom stereocenters. The maximum absolute atomic E-state index is 10.7. The van der Waals surface area contributed by atoms with Gasteiger partial charge in [-0.15, -0.1) is 0 Å². The van der Waals surface area contributed by atoms with Gasteiger partial charge in [0.05, 0.1) is 18.2 Å². The van der Waals surface area contributed by atoms with E-state index in [1.165, 1.54) is 22.3 Å². The molecule has 5 N–H and O–H groups in total. The fraction of sp³-hybridized carbons (Fsp3) is 0.444. The van der Waals surface area contributed by atoms with Crippen molar-refractivity contribution < 1.29 is 10.3 Å². The summed E-state index contributed by atoms with van der Waals surface area (Å²) in [6.45, 7) is 13.1. The van der Waals surface area contributed by atoms with Crippen LogP contribution < -0.4 is 15.5 Å². The van der Waals surface area contributed by atoms with E-state index in [9.17, 15) is 10.3 Å². The van der Waals surface area contributed by atoms with Crippen molar-refractivity contribution in [3.63, 3.8) is 0 Å². The van der Waals surface area contributed by atoms with Gasteiger partial charge in [0.1, 0.15) is 0 Å². The zero-order chi connectivity index (χ0) is 30.7. The first-order chi connectivity index (χ1) is 20.4. The normalized spacial score (nSPS) is 17.2. The molecule has 1 aliphatic carbocycles. The molecule has 0 saturated carbocycles. The Bertz CT molecular complexity index is 1150. The van der Waals surface area contributed by atoms with Crippen molar-refractivity contribution in [3.8, 4) is 0 Å². The summed E-state index contributed by atoms with van der Waals surface area (Å²) in [6, 6.07) is 27.2. The van der Waals surface area contributed by atoms with Crippen molar-refractivity contribution in [3.05, 3.63) is 113 Å². The zero-order valence-electron chi connectivity index (χ0n) is 26.4. The van der Waals surface area contributed by atoms with E-state index in [2.05, 4.69) is 97.8 Å². The number of aliphatic hydroxyl groups excluding tert-OH is 1. The summed E-state index contributed by atoms with van der Waals surface area (Å²) in [5, 5.41) is 24.0. The maximum atomic E-state index is 10.7. The molecule has 5 nitrogen and oxygen atoms in total. The molecule has 0 radical (unpaired) electrons. The minimum absolute atomic E-state index is 0.00736. The molecule has 42 heavy (non-hydrogen) atoms. The largest absolute Gasteiger partial charge is 0.392 e. The van der Waals surface area contributed by atoms with E-state index in [4.69, 9.17) is 0 Å². The molecule has 3 aromatic carbocycles. The first kappa shape index (κ1) is 35.6. The van der Waals surface area contributed by atoms with Crippen LogP contribution in [0.3, 0.4) is 0 Å². The van der Waals surface area contributed by atoms with Crippen LogP contribution in [0, 0.1) is 12.8 Å². The highest BCUT2D eigenvalue weighted by Crippen LogP contribution is 2.33. The van der Waals surface area contributed by atoms with Crippen molar-refractivity contribution in [2.75, 3.05) is 6.54 Å². The van der Waals surface area contributed by atoms with E-state index >= 15 is 0 Å². The van der Waals surface area contributed by atoms with Crippen molar-refractivity contribution >= 4 is 11.9 Å². The molecule has 0 saturated heterocycles. The van der Waals surface area contributed by atoms with Crippen LogP contribution in [-0.2, 0) is 12.8 Å². The van der Waals surface area contributed by atoms with Crippen LogP contribution in [0.2, 0.25) is 0 Å². The van der Waals surface area contributed by atoms with Crippen LogP contribution in [0.1, 0.15) is 82.2 Å². The molecule has 6 heteroatoms. The van der Waals surface area contributed by atoms with Crippen LogP contribution in [-0.4, -0.2) is 29.0 Å².